The Morgan fingerprint density at radius 3 is 2.33 bits per heavy atom. The molecule has 0 aliphatic rings. The number of ether oxygens (including phenoxy) is 1. The number of aliphatic hydroxyl groups is 1. The minimum atomic E-state index is -0.858. The van der Waals surface area contributed by atoms with Crippen LogP contribution in [0.25, 0.3) is 11.0 Å². The van der Waals surface area contributed by atoms with Gasteiger partial charge in [0.15, 0.2) is 0 Å². The highest BCUT2D eigenvalue weighted by molar-refractivity contribution is 5.75. The van der Waals surface area contributed by atoms with Crippen LogP contribution in [0.1, 0.15) is 6.92 Å². The number of halogens is 1. The Morgan fingerprint density at radius 1 is 1.08 bits per heavy atom. The molecule has 126 valence electrons. The molecule has 24 heavy (non-hydrogen) atoms. The summed E-state index contributed by atoms with van der Waals surface area (Å²) in [5.74, 6) is 0.126. The van der Waals surface area contributed by atoms with Crippen molar-refractivity contribution in [1.29, 1.82) is 0 Å². The number of aliphatic hydroxyl groups excluding tert-OH is 1. The summed E-state index contributed by atoms with van der Waals surface area (Å²) in [7, 11) is 0. The highest BCUT2D eigenvalue weighted by Gasteiger charge is 2.15. The molecule has 0 bridgehead atoms. The summed E-state index contributed by atoms with van der Waals surface area (Å²) in [5.41, 5.74) is 1.47. The van der Waals surface area contributed by atoms with Gasteiger partial charge in [0.1, 0.15) is 24.3 Å². The van der Waals surface area contributed by atoms with Crippen molar-refractivity contribution in [3.63, 3.8) is 0 Å². The van der Waals surface area contributed by atoms with Crippen LogP contribution in [-0.2, 0) is 13.1 Å². The topological polar surface area (TPSA) is 56.4 Å². The molecule has 0 aliphatic carbocycles. The smallest absolute Gasteiger partial charge is 0.329 e. The molecule has 5 nitrogen and oxygen atoms in total. The van der Waals surface area contributed by atoms with Crippen molar-refractivity contribution in [3.05, 3.63) is 64.8 Å². The van der Waals surface area contributed by atoms with Crippen LogP contribution in [0.5, 0.6) is 5.75 Å². The van der Waals surface area contributed by atoms with E-state index in [1.165, 1.54) is 24.3 Å². The second-order valence-electron chi connectivity index (χ2n) is 5.54. The Morgan fingerprint density at radius 2 is 1.71 bits per heavy atom. The van der Waals surface area contributed by atoms with Gasteiger partial charge in [0.05, 0.1) is 17.6 Å². The van der Waals surface area contributed by atoms with Crippen LogP contribution in [-0.4, -0.2) is 27.0 Å². The van der Waals surface area contributed by atoms with E-state index in [2.05, 4.69) is 0 Å². The van der Waals surface area contributed by atoms with E-state index in [-0.39, 0.29) is 24.7 Å². The van der Waals surface area contributed by atoms with Gasteiger partial charge in [0.2, 0.25) is 0 Å². The van der Waals surface area contributed by atoms with Crippen LogP contribution in [0.3, 0.4) is 0 Å². The fourth-order valence-electron chi connectivity index (χ4n) is 2.74. The van der Waals surface area contributed by atoms with Crippen molar-refractivity contribution in [1.82, 2.24) is 9.13 Å². The van der Waals surface area contributed by atoms with Gasteiger partial charge < -0.3 is 9.84 Å². The first-order chi connectivity index (χ1) is 11.6. The maximum Gasteiger partial charge on any atom is 0.329 e. The van der Waals surface area contributed by atoms with Crippen molar-refractivity contribution in [3.8, 4) is 5.75 Å². The van der Waals surface area contributed by atoms with E-state index in [1.54, 1.807) is 9.13 Å². The zero-order valence-electron chi connectivity index (χ0n) is 13.4. The van der Waals surface area contributed by atoms with Crippen molar-refractivity contribution in [2.45, 2.75) is 26.1 Å². The molecule has 3 rings (SSSR count). The Balaban J connectivity index is 1.76. The molecule has 0 fully saturated rings. The van der Waals surface area contributed by atoms with Crippen LogP contribution in [0.2, 0.25) is 0 Å². The van der Waals surface area contributed by atoms with E-state index in [4.69, 9.17) is 4.74 Å². The molecule has 0 saturated heterocycles. The third-order valence-electron chi connectivity index (χ3n) is 3.89. The third kappa shape index (κ3) is 3.19. The van der Waals surface area contributed by atoms with Gasteiger partial charge in [-0.1, -0.05) is 12.1 Å². The first kappa shape index (κ1) is 16.3. The van der Waals surface area contributed by atoms with E-state index >= 15 is 0 Å². The number of hydrogen-bond acceptors (Lipinski definition) is 3. The molecule has 1 atom stereocenters. The molecule has 1 N–H and O–H groups in total. The number of rotatable bonds is 6. The molecule has 0 amide bonds. The van der Waals surface area contributed by atoms with Crippen LogP contribution in [0.15, 0.2) is 53.3 Å². The summed E-state index contributed by atoms with van der Waals surface area (Å²) in [6.45, 7) is 2.62. The standard InChI is InChI=1S/C18H19FN2O3/c1-2-20-16-5-3-4-6-17(16)21(18(20)23)11-14(22)12-24-15-9-7-13(19)8-10-15/h3-10,14,22H,2,11-12H2,1H3/t14-/m1/s1. The van der Waals surface area contributed by atoms with Gasteiger partial charge in [-0.15, -0.1) is 0 Å². The lowest BCUT2D eigenvalue weighted by Crippen LogP contribution is -2.31. The van der Waals surface area contributed by atoms with Crippen molar-refractivity contribution in [2.24, 2.45) is 0 Å². The Labute approximate surface area is 138 Å². The second kappa shape index (κ2) is 6.88. The van der Waals surface area contributed by atoms with E-state index in [0.717, 1.165) is 11.0 Å². The molecule has 1 heterocycles. The van der Waals surface area contributed by atoms with Crippen molar-refractivity contribution >= 4 is 11.0 Å². The van der Waals surface area contributed by atoms with Gasteiger partial charge >= 0.3 is 5.69 Å². The number of para-hydroxylation sites is 2. The lowest BCUT2D eigenvalue weighted by atomic mass is 10.3. The van der Waals surface area contributed by atoms with Crippen molar-refractivity contribution < 1.29 is 14.2 Å². The predicted octanol–water partition coefficient (Wildman–Crippen LogP) is 2.40. The monoisotopic (exact) mass is 330 g/mol. The maximum atomic E-state index is 12.9. The number of hydrogen-bond donors (Lipinski definition) is 1. The lowest BCUT2D eigenvalue weighted by molar-refractivity contribution is 0.0924. The zero-order chi connectivity index (χ0) is 17.1. The van der Waals surface area contributed by atoms with Crippen molar-refractivity contribution in [2.75, 3.05) is 6.61 Å². The molecular formula is C18H19FN2O3. The normalized spacial score (nSPS) is 12.5. The average molecular weight is 330 g/mol. The molecule has 2 aromatic carbocycles. The Hall–Kier alpha value is -2.60. The number of fused-ring (bicyclic) bond motifs is 1. The maximum absolute atomic E-state index is 12.9. The predicted molar refractivity (Wildman–Crippen MR) is 89.8 cm³/mol. The number of aryl methyl sites for hydroxylation is 1. The fraction of sp³-hybridized carbons (Fsp3) is 0.278. The van der Waals surface area contributed by atoms with E-state index in [0.29, 0.717) is 12.3 Å². The highest BCUT2D eigenvalue weighted by atomic mass is 19.1. The highest BCUT2D eigenvalue weighted by Crippen LogP contribution is 2.14. The summed E-state index contributed by atoms with van der Waals surface area (Å²) in [5, 5.41) is 10.2. The summed E-state index contributed by atoms with van der Waals surface area (Å²) < 4.78 is 21.5. The molecule has 3 aromatic rings. The Kier molecular flexibility index (Phi) is 4.66. The lowest BCUT2D eigenvalue weighted by Gasteiger charge is -2.13. The van der Waals surface area contributed by atoms with Crippen LogP contribution < -0.4 is 10.4 Å². The SMILES string of the molecule is CCn1c(=O)n(C[C@@H](O)COc2ccc(F)cc2)c2ccccc21. The summed E-state index contributed by atoms with van der Waals surface area (Å²) >= 11 is 0. The number of imidazole rings is 1. The molecule has 0 saturated carbocycles. The van der Waals surface area contributed by atoms with Crippen LogP contribution in [0, 0.1) is 5.82 Å². The van der Waals surface area contributed by atoms with Gasteiger partial charge in [0.25, 0.3) is 0 Å². The number of aromatic nitrogens is 2. The zero-order valence-corrected chi connectivity index (χ0v) is 13.4. The third-order valence-corrected chi connectivity index (χ3v) is 3.89. The minimum Gasteiger partial charge on any atom is -0.491 e. The summed E-state index contributed by atoms with van der Waals surface area (Å²) in [6, 6.07) is 13.1. The quantitative estimate of drug-likeness (QED) is 0.755. The molecule has 1 aromatic heterocycles. The first-order valence-corrected chi connectivity index (χ1v) is 7.84. The van der Waals surface area contributed by atoms with E-state index in [1.807, 2.05) is 31.2 Å². The molecule has 0 radical (unpaired) electrons. The molecular weight excluding hydrogens is 311 g/mol. The summed E-state index contributed by atoms with van der Waals surface area (Å²) in [6.07, 6.45) is -0.858. The van der Waals surface area contributed by atoms with Gasteiger partial charge in [-0.3, -0.25) is 9.13 Å². The van der Waals surface area contributed by atoms with E-state index < -0.39 is 6.10 Å². The summed E-state index contributed by atoms with van der Waals surface area (Å²) in [4.78, 5) is 12.5. The number of benzene rings is 2. The molecule has 0 spiro atoms. The average Bonchev–Trinajstić information content (AvgIpc) is 2.86. The minimum absolute atomic E-state index is 0.0176. The number of nitrogens with zero attached hydrogens (tertiary/aromatic N) is 2. The van der Waals surface area contributed by atoms with E-state index in [9.17, 15) is 14.3 Å². The Bertz CT molecular complexity index is 883. The first-order valence-electron chi connectivity index (χ1n) is 7.84. The largest absolute Gasteiger partial charge is 0.491 e. The molecule has 0 aliphatic heterocycles. The van der Waals surface area contributed by atoms with Crippen LogP contribution in [0.4, 0.5) is 4.39 Å². The van der Waals surface area contributed by atoms with Gasteiger partial charge in [-0.05, 0) is 43.3 Å². The van der Waals surface area contributed by atoms with Crippen LogP contribution >= 0.6 is 0 Å². The second-order valence-corrected chi connectivity index (χ2v) is 5.54. The fourth-order valence-corrected chi connectivity index (χ4v) is 2.74. The molecule has 6 heteroatoms. The van der Waals surface area contributed by atoms with Gasteiger partial charge in [0, 0.05) is 6.54 Å². The van der Waals surface area contributed by atoms with Gasteiger partial charge in [-0.25, -0.2) is 9.18 Å². The molecule has 0 unspecified atom stereocenters. The van der Waals surface area contributed by atoms with Gasteiger partial charge in [-0.2, -0.15) is 0 Å².